The number of carboxylic acids is 1. The first-order chi connectivity index (χ1) is 12.9. The SMILES string of the molecule is NC12CC(CNS(=O)(=O)c3cccc(C(F)(F)F)c3Br)(C1)C2.O=C(O)C(F)(F)F. The summed E-state index contributed by atoms with van der Waals surface area (Å²) in [5.74, 6) is -2.76. The number of alkyl halides is 6. The fraction of sp³-hybridized carbons (Fsp3) is 0.533. The van der Waals surface area contributed by atoms with Crippen LogP contribution >= 0.6 is 15.9 Å². The number of nitrogens with one attached hydrogen (secondary N) is 1. The van der Waals surface area contributed by atoms with E-state index in [1.54, 1.807) is 0 Å². The monoisotopic (exact) mass is 512 g/mol. The molecule has 1 aromatic carbocycles. The van der Waals surface area contributed by atoms with Crippen molar-refractivity contribution in [1.29, 1.82) is 0 Å². The summed E-state index contributed by atoms with van der Waals surface area (Å²) in [6, 6.07) is 3.06. The summed E-state index contributed by atoms with van der Waals surface area (Å²) in [7, 11) is -4.02. The van der Waals surface area contributed by atoms with E-state index in [0.29, 0.717) is 0 Å². The van der Waals surface area contributed by atoms with Gasteiger partial charge >= 0.3 is 18.3 Å². The van der Waals surface area contributed by atoms with E-state index in [-0.39, 0.29) is 17.5 Å². The van der Waals surface area contributed by atoms with Gasteiger partial charge in [-0.05, 0) is 52.7 Å². The summed E-state index contributed by atoms with van der Waals surface area (Å²) in [5, 5.41) is 7.12. The third-order valence-corrected chi connectivity index (χ3v) is 7.18. The first-order valence-corrected chi connectivity index (χ1v) is 10.1. The number of hydrogen-bond donors (Lipinski definition) is 3. The van der Waals surface area contributed by atoms with Crippen LogP contribution in [0.5, 0.6) is 0 Å². The predicted octanol–water partition coefficient (Wildman–Crippen LogP) is 3.26. The molecule has 3 aliphatic carbocycles. The Kier molecular flexibility index (Phi) is 6.09. The summed E-state index contributed by atoms with van der Waals surface area (Å²) >= 11 is 2.76. The molecule has 29 heavy (non-hydrogen) atoms. The maximum atomic E-state index is 12.8. The standard InChI is InChI=1S/C13H14BrF3N2O2S.C2HF3O2/c14-10-8(13(15,16)17)2-1-3-9(10)22(20,21)19-7-11-4-12(18,5-11)6-11;3-2(4,5)1(6)7/h1-3,19H,4-7,18H2;(H,6,7). The van der Waals surface area contributed by atoms with Gasteiger partial charge in [0.1, 0.15) is 0 Å². The number of benzene rings is 1. The van der Waals surface area contributed by atoms with Crippen molar-refractivity contribution in [2.45, 2.75) is 42.0 Å². The van der Waals surface area contributed by atoms with E-state index in [0.717, 1.165) is 37.5 Å². The lowest BCUT2D eigenvalue weighted by molar-refractivity contribution is -0.192. The van der Waals surface area contributed by atoms with Crippen LogP contribution in [0.25, 0.3) is 0 Å². The Balaban J connectivity index is 0.000000370. The summed E-state index contributed by atoms with van der Waals surface area (Å²) in [6.45, 7) is 0.205. The van der Waals surface area contributed by atoms with Crippen molar-refractivity contribution >= 4 is 31.9 Å². The van der Waals surface area contributed by atoms with Gasteiger partial charge in [0.05, 0.1) is 10.5 Å². The maximum Gasteiger partial charge on any atom is 0.490 e. The van der Waals surface area contributed by atoms with Crippen molar-refractivity contribution in [3.05, 3.63) is 28.2 Å². The molecular formula is C15H15BrF6N2O4S. The van der Waals surface area contributed by atoms with Crippen LogP contribution in [0.1, 0.15) is 24.8 Å². The molecule has 0 spiro atoms. The number of carbonyl (C=O) groups is 1. The topological polar surface area (TPSA) is 109 Å². The number of halogens is 7. The second-order valence-corrected chi connectivity index (χ2v) is 9.66. The second kappa shape index (κ2) is 7.39. The molecule has 0 radical (unpaired) electrons. The summed E-state index contributed by atoms with van der Waals surface area (Å²) in [4.78, 5) is 8.49. The van der Waals surface area contributed by atoms with E-state index in [2.05, 4.69) is 20.7 Å². The van der Waals surface area contributed by atoms with Crippen molar-refractivity contribution in [3.63, 3.8) is 0 Å². The number of nitrogens with two attached hydrogens (primary N) is 1. The quantitative estimate of drug-likeness (QED) is 0.536. The number of carboxylic acid groups (broad SMARTS) is 1. The van der Waals surface area contributed by atoms with E-state index in [1.807, 2.05) is 0 Å². The predicted molar refractivity (Wildman–Crippen MR) is 91.2 cm³/mol. The zero-order valence-corrected chi connectivity index (χ0v) is 16.8. The molecule has 3 saturated carbocycles. The van der Waals surface area contributed by atoms with Crippen LogP contribution in [-0.2, 0) is 21.0 Å². The smallest absolute Gasteiger partial charge is 0.475 e. The second-order valence-electron chi connectivity index (χ2n) is 7.14. The largest absolute Gasteiger partial charge is 0.490 e. The molecule has 0 heterocycles. The fourth-order valence-electron chi connectivity index (χ4n) is 3.54. The lowest BCUT2D eigenvalue weighted by Crippen LogP contribution is -2.74. The zero-order chi connectivity index (χ0) is 22.5. The van der Waals surface area contributed by atoms with Gasteiger partial charge in [-0.3, -0.25) is 0 Å². The van der Waals surface area contributed by atoms with Gasteiger partial charge in [0.15, 0.2) is 0 Å². The van der Waals surface area contributed by atoms with Crippen molar-refractivity contribution in [1.82, 2.24) is 4.72 Å². The van der Waals surface area contributed by atoms with Crippen LogP contribution in [0.4, 0.5) is 26.3 Å². The number of rotatable bonds is 4. The molecule has 4 N–H and O–H groups in total. The van der Waals surface area contributed by atoms with Crippen molar-refractivity contribution < 1.29 is 44.7 Å². The Labute approximate surface area is 169 Å². The molecule has 0 atom stereocenters. The van der Waals surface area contributed by atoms with Gasteiger partial charge in [-0.2, -0.15) is 26.3 Å². The van der Waals surface area contributed by atoms with Gasteiger partial charge in [-0.25, -0.2) is 17.9 Å². The first kappa shape index (κ1) is 23.9. The molecule has 1 aromatic rings. The van der Waals surface area contributed by atoms with Gasteiger partial charge in [-0.15, -0.1) is 0 Å². The van der Waals surface area contributed by atoms with Gasteiger partial charge in [0.2, 0.25) is 10.0 Å². The summed E-state index contributed by atoms with van der Waals surface area (Å²) < 4.78 is 96.8. The van der Waals surface area contributed by atoms with E-state index < -0.39 is 43.3 Å². The lowest BCUT2D eigenvalue weighted by Gasteiger charge is -2.69. The van der Waals surface area contributed by atoms with E-state index in [9.17, 15) is 34.8 Å². The van der Waals surface area contributed by atoms with Crippen LogP contribution in [0, 0.1) is 5.41 Å². The fourth-order valence-corrected chi connectivity index (χ4v) is 5.92. The minimum absolute atomic E-state index is 0.115. The number of hydrogen-bond acceptors (Lipinski definition) is 4. The average molecular weight is 513 g/mol. The minimum atomic E-state index is -5.08. The van der Waals surface area contributed by atoms with Gasteiger partial charge < -0.3 is 10.8 Å². The van der Waals surface area contributed by atoms with E-state index in [4.69, 9.17) is 15.6 Å². The molecule has 3 aliphatic rings. The van der Waals surface area contributed by atoms with E-state index >= 15 is 0 Å². The van der Waals surface area contributed by atoms with Crippen LogP contribution < -0.4 is 10.5 Å². The molecule has 0 aliphatic heterocycles. The van der Waals surface area contributed by atoms with Gasteiger partial charge in [0, 0.05) is 16.6 Å². The molecule has 3 fully saturated rings. The van der Waals surface area contributed by atoms with Crippen molar-refractivity contribution in [3.8, 4) is 0 Å². The highest BCUT2D eigenvalue weighted by Crippen LogP contribution is 2.65. The molecule has 0 saturated heterocycles. The molecule has 0 amide bonds. The first-order valence-electron chi connectivity index (χ1n) is 7.85. The van der Waals surface area contributed by atoms with Gasteiger partial charge in [-0.1, -0.05) is 6.07 Å². The van der Waals surface area contributed by atoms with Crippen LogP contribution in [0.3, 0.4) is 0 Å². The highest BCUT2D eigenvalue weighted by atomic mass is 79.9. The molecule has 4 rings (SSSR count). The highest BCUT2D eigenvalue weighted by Gasteiger charge is 2.65. The zero-order valence-electron chi connectivity index (χ0n) is 14.4. The molecule has 0 aromatic heterocycles. The third-order valence-electron chi connectivity index (χ3n) is 4.62. The molecule has 14 heteroatoms. The molecule has 0 unspecified atom stereocenters. The van der Waals surface area contributed by atoms with Crippen LogP contribution in [0.2, 0.25) is 0 Å². The van der Waals surface area contributed by atoms with Crippen LogP contribution in [0.15, 0.2) is 27.6 Å². The Morgan fingerprint density at radius 2 is 1.66 bits per heavy atom. The summed E-state index contributed by atoms with van der Waals surface area (Å²) in [6.07, 6.45) is -7.44. The lowest BCUT2D eigenvalue weighted by atomic mass is 9.40. The third kappa shape index (κ3) is 5.22. The molecular weight excluding hydrogens is 498 g/mol. The van der Waals surface area contributed by atoms with Gasteiger partial charge in [0.25, 0.3) is 0 Å². The Morgan fingerprint density at radius 3 is 2.03 bits per heavy atom. The normalized spacial score (nSPS) is 25.9. The Bertz CT molecular complexity index is 897. The van der Waals surface area contributed by atoms with Crippen molar-refractivity contribution in [2.75, 3.05) is 6.54 Å². The Hall–Kier alpha value is -1.38. The Morgan fingerprint density at radius 1 is 1.17 bits per heavy atom. The molecule has 6 nitrogen and oxygen atoms in total. The summed E-state index contributed by atoms with van der Waals surface area (Å²) in [5.41, 5.74) is 4.63. The number of aliphatic carboxylic acids is 1. The highest BCUT2D eigenvalue weighted by molar-refractivity contribution is 9.10. The average Bonchev–Trinajstić information content (AvgIpc) is 2.48. The molecule has 2 bridgehead atoms. The maximum absolute atomic E-state index is 12.8. The number of sulfonamides is 1. The van der Waals surface area contributed by atoms with Crippen molar-refractivity contribution in [2.24, 2.45) is 11.1 Å². The molecule has 164 valence electrons. The van der Waals surface area contributed by atoms with E-state index in [1.165, 1.54) is 0 Å². The van der Waals surface area contributed by atoms with Crippen LogP contribution in [-0.4, -0.2) is 37.8 Å². The minimum Gasteiger partial charge on any atom is -0.475 e.